The van der Waals surface area contributed by atoms with Gasteiger partial charge in [-0.25, -0.2) is 0 Å². The van der Waals surface area contributed by atoms with Crippen molar-refractivity contribution < 1.29 is 4.79 Å². The van der Waals surface area contributed by atoms with Crippen LogP contribution in [0.3, 0.4) is 0 Å². The van der Waals surface area contributed by atoms with E-state index >= 15 is 0 Å². The molecule has 11 heavy (non-hydrogen) atoms. The first-order chi connectivity index (χ1) is 5.29. The molecule has 1 amide bonds. The summed E-state index contributed by atoms with van der Waals surface area (Å²) in [5.74, 6) is 0.106. The Labute approximate surface area is 67.5 Å². The fourth-order valence-electron chi connectivity index (χ4n) is 1.26. The van der Waals surface area contributed by atoms with Crippen molar-refractivity contribution in [3.8, 4) is 0 Å². The molecule has 0 unspecified atom stereocenters. The summed E-state index contributed by atoms with van der Waals surface area (Å²) in [6.45, 7) is 3.12. The van der Waals surface area contributed by atoms with Gasteiger partial charge in [0, 0.05) is 12.6 Å². The first kappa shape index (κ1) is 8.53. The van der Waals surface area contributed by atoms with Crippen LogP contribution in [0.1, 0.15) is 26.2 Å². The minimum atomic E-state index is 0.106. The Morgan fingerprint density at radius 2 is 2.27 bits per heavy atom. The van der Waals surface area contributed by atoms with Crippen molar-refractivity contribution in [2.24, 2.45) is 5.73 Å². The Morgan fingerprint density at radius 1 is 1.64 bits per heavy atom. The topological polar surface area (TPSA) is 46.3 Å². The molecule has 0 radical (unpaired) electrons. The van der Waals surface area contributed by atoms with E-state index in [0.29, 0.717) is 6.04 Å². The highest BCUT2D eigenvalue weighted by molar-refractivity contribution is 5.78. The van der Waals surface area contributed by atoms with Crippen molar-refractivity contribution in [1.29, 1.82) is 0 Å². The summed E-state index contributed by atoms with van der Waals surface area (Å²) in [6, 6.07) is 0.519. The zero-order chi connectivity index (χ0) is 8.27. The van der Waals surface area contributed by atoms with Gasteiger partial charge in [0.25, 0.3) is 0 Å². The van der Waals surface area contributed by atoms with Gasteiger partial charge in [0.15, 0.2) is 0 Å². The lowest BCUT2D eigenvalue weighted by Gasteiger charge is -2.20. The number of hydrogen-bond acceptors (Lipinski definition) is 2. The molecule has 1 saturated carbocycles. The van der Waals surface area contributed by atoms with Gasteiger partial charge < -0.3 is 10.6 Å². The van der Waals surface area contributed by atoms with E-state index in [1.807, 2.05) is 4.90 Å². The fourth-order valence-corrected chi connectivity index (χ4v) is 1.26. The lowest BCUT2D eigenvalue weighted by Crippen LogP contribution is -2.38. The molecular formula is C8H16N2O. The molecule has 2 N–H and O–H groups in total. The number of amides is 1. The number of nitrogens with two attached hydrogens (primary N) is 1. The van der Waals surface area contributed by atoms with Crippen molar-refractivity contribution in [2.75, 3.05) is 13.1 Å². The first-order valence-electron chi connectivity index (χ1n) is 4.29. The molecule has 3 nitrogen and oxygen atoms in total. The first-order valence-corrected chi connectivity index (χ1v) is 4.29. The van der Waals surface area contributed by atoms with Crippen LogP contribution in [0.2, 0.25) is 0 Å². The van der Waals surface area contributed by atoms with Crippen LogP contribution in [-0.4, -0.2) is 29.9 Å². The Bertz CT molecular complexity index is 143. The Morgan fingerprint density at radius 3 is 2.64 bits per heavy atom. The van der Waals surface area contributed by atoms with Crippen molar-refractivity contribution in [2.45, 2.75) is 32.2 Å². The van der Waals surface area contributed by atoms with E-state index in [1.165, 1.54) is 12.8 Å². The van der Waals surface area contributed by atoms with Crippen molar-refractivity contribution >= 4 is 5.91 Å². The molecular weight excluding hydrogens is 140 g/mol. The van der Waals surface area contributed by atoms with Gasteiger partial charge in [-0.05, 0) is 19.3 Å². The second-order valence-electron chi connectivity index (χ2n) is 3.02. The second-order valence-corrected chi connectivity index (χ2v) is 3.02. The van der Waals surface area contributed by atoms with E-state index in [0.717, 1.165) is 13.0 Å². The lowest BCUT2D eigenvalue weighted by molar-refractivity contribution is -0.130. The number of carbonyl (C=O) groups excluding carboxylic acids is 1. The van der Waals surface area contributed by atoms with Gasteiger partial charge in [0.05, 0.1) is 6.54 Å². The Hall–Kier alpha value is -0.570. The van der Waals surface area contributed by atoms with Crippen LogP contribution >= 0.6 is 0 Å². The van der Waals surface area contributed by atoms with Crippen LogP contribution in [0.4, 0.5) is 0 Å². The third-order valence-corrected chi connectivity index (χ3v) is 1.95. The van der Waals surface area contributed by atoms with Crippen molar-refractivity contribution in [3.63, 3.8) is 0 Å². The molecule has 64 valence electrons. The molecule has 0 bridgehead atoms. The van der Waals surface area contributed by atoms with Gasteiger partial charge in [0.2, 0.25) is 5.91 Å². The molecule has 1 rings (SSSR count). The fraction of sp³-hybridized carbons (Fsp3) is 0.875. The molecule has 0 spiro atoms. The smallest absolute Gasteiger partial charge is 0.236 e. The van der Waals surface area contributed by atoms with Crippen molar-refractivity contribution in [1.82, 2.24) is 4.90 Å². The highest BCUT2D eigenvalue weighted by Crippen LogP contribution is 2.26. The number of nitrogens with zero attached hydrogens (tertiary/aromatic N) is 1. The van der Waals surface area contributed by atoms with E-state index in [1.54, 1.807) is 0 Å². The van der Waals surface area contributed by atoms with Crippen LogP contribution in [0.15, 0.2) is 0 Å². The lowest BCUT2D eigenvalue weighted by atomic mass is 10.3. The van der Waals surface area contributed by atoms with Gasteiger partial charge in [-0.1, -0.05) is 6.92 Å². The van der Waals surface area contributed by atoms with Crippen LogP contribution < -0.4 is 5.73 Å². The van der Waals surface area contributed by atoms with Gasteiger partial charge in [-0.3, -0.25) is 4.79 Å². The average Bonchev–Trinajstić information content (AvgIpc) is 2.81. The zero-order valence-corrected chi connectivity index (χ0v) is 7.05. The summed E-state index contributed by atoms with van der Waals surface area (Å²) in [4.78, 5) is 13.1. The van der Waals surface area contributed by atoms with E-state index < -0.39 is 0 Å². The molecule has 1 aliphatic carbocycles. The molecule has 0 heterocycles. The maximum absolute atomic E-state index is 11.2. The van der Waals surface area contributed by atoms with Gasteiger partial charge in [0.1, 0.15) is 0 Å². The highest BCUT2D eigenvalue weighted by atomic mass is 16.2. The maximum atomic E-state index is 11.2. The molecule has 0 atom stereocenters. The van der Waals surface area contributed by atoms with Crippen LogP contribution in [0, 0.1) is 0 Å². The number of rotatable bonds is 4. The monoisotopic (exact) mass is 156 g/mol. The number of hydrogen-bond donors (Lipinski definition) is 1. The third-order valence-electron chi connectivity index (χ3n) is 1.95. The van der Waals surface area contributed by atoms with Crippen LogP contribution in [-0.2, 0) is 4.79 Å². The standard InChI is InChI=1S/C8H16N2O/c1-2-5-10(7-3-4-7)8(11)6-9/h7H,2-6,9H2,1H3. The quantitative estimate of drug-likeness (QED) is 0.638. The van der Waals surface area contributed by atoms with Gasteiger partial charge in [-0.15, -0.1) is 0 Å². The number of carbonyl (C=O) groups is 1. The molecule has 0 aromatic carbocycles. The summed E-state index contributed by atoms with van der Waals surface area (Å²) in [5, 5.41) is 0. The molecule has 1 aliphatic rings. The predicted octanol–water partition coefficient (Wildman–Crippen LogP) is 0.346. The maximum Gasteiger partial charge on any atom is 0.236 e. The Kier molecular flexibility index (Phi) is 2.88. The van der Waals surface area contributed by atoms with Crippen molar-refractivity contribution in [3.05, 3.63) is 0 Å². The van der Waals surface area contributed by atoms with Crippen LogP contribution in [0.5, 0.6) is 0 Å². The van der Waals surface area contributed by atoms with Gasteiger partial charge in [-0.2, -0.15) is 0 Å². The van der Waals surface area contributed by atoms with E-state index in [4.69, 9.17) is 5.73 Å². The van der Waals surface area contributed by atoms with Gasteiger partial charge >= 0.3 is 0 Å². The summed E-state index contributed by atoms with van der Waals surface area (Å²) in [7, 11) is 0. The molecule has 0 aliphatic heterocycles. The zero-order valence-electron chi connectivity index (χ0n) is 7.05. The molecule has 3 heteroatoms. The van der Waals surface area contributed by atoms with Crippen LogP contribution in [0.25, 0.3) is 0 Å². The molecule has 0 aromatic heterocycles. The normalized spacial score (nSPS) is 16.5. The summed E-state index contributed by atoms with van der Waals surface area (Å²) in [5.41, 5.74) is 5.28. The Balaban J connectivity index is 2.37. The molecule has 0 saturated heterocycles. The largest absolute Gasteiger partial charge is 0.339 e. The summed E-state index contributed by atoms with van der Waals surface area (Å²) >= 11 is 0. The predicted molar refractivity (Wildman–Crippen MR) is 44.1 cm³/mol. The molecule has 0 aromatic rings. The molecule has 1 fully saturated rings. The third kappa shape index (κ3) is 2.19. The SMILES string of the molecule is CCCN(C(=O)CN)C1CC1. The average molecular weight is 156 g/mol. The van der Waals surface area contributed by atoms with E-state index in [-0.39, 0.29) is 12.5 Å². The minimum absolute atomic E-state index is 0.106. The second kappa shape index (κ2) is 3.72. The van der Waals surface area contributed by atoms with E-state index in [9.17, 15) is 4.79 Å². The highest BCUT2D eigenvalue weighted by Gasteiger charge is 2.30. The minimum Gasteiger partial charge on any atom is -0.339 e. The summed E-state index contributed by atoms with van der Waals surface area (Å²) < 4.78 is 0. The summed E-state index contributed by atoms with van der Waals surface area (Å²) in [6.07, 6.45) is 3.37. The van der Waals surface area contributed by atoms with E-state index in [2.05, 4.69) is 6.92 Å².